The molecule has 2 saturated carbocycles. The molecule has 0 aliphatic heterocycles. The van der Waals surface area contributed by atoms with E-state index in [1.165, 1.54) is 24.3 Å². The van der Waals surface area contributed by atoms with E-state index >= 15 is 0 Å². The van der Waals surface area contributed by atoms with Crippen molar-refractivity contribution in [1.82, 2.24) is 9.55 Å². The van der Waals surface area contributed by atoms with Crippen molar-refractivity contribution in [2.75, 3.05) is 0 Å². The first-order chi connectivity index (χ1) is 11.4. The number of fused-ring (bicyclic) bond motifs is 1. The summed E-state index contributed by atoms with van der Waals surface area (Å²) in [5.74, 6) is 2.30. The van der Waals surface area contributed by atoms with Crippen LogP contribution in [0.5, 0.6) is 0 Å². The van der Waals surface area contributed by atoms with Crippen molar-refractivity contribution < 1.29 is 17.1 Å². The van der Waals surface area contributed by atoms with Crippen molar-refractivity contribution in [3.8, 4) is 0 Å². The van der Waals surface area contributed by atoms with E-state index in [0.717, 1.165) is 17.9 Å². The molecule has 1 aromatic carbocycles. The quantitative estimate of drug-likeness (QED) is 0.730. The molecule has 4 rings (SSSR count). The zero-order chi connectivity index (χ0) is 15.9. The molecule has 0 unspecified atom stereocenters. The van der Waals surface area contributed by atoms with Gasteiger partial charge in [-0.1, -0.05) is 25.5 Å². The summed E-state index contributed by atoms with van der Waals surface area (Å²) < 4.78 is 2.34. The van der Waals surface area contributed by atoms with Gasteiger partial charge in [0.1, 0.15) is 5.82 Å². The summed E-state index contributed by atoms with van der Waals surface area (Å²) in [6.45, 7) is 3.26. The molecular formula is C21H22FeN2+2. The van der Waals surface area contributed by atoms with E-state index < -0.39 is 0 Å². The van der Waals surface area contributed by atoms with Gasteiger partial charge in [-0.15, -0.1) is 0 Å². The van der Waals surface area contributed by atoms with E-state index in [9.17, 15) is 0 Å². The molecule has 2 aromatic rings. The topological polar surface area (TPSA) is 17.8 Å². The maximum atomic E-state index is 4.77. The van der Waals surface area contributed by atoms with Crippen LogP contribution in [-0.4, -0.2) is 9.55 Å². The Morgan fingerprint density at radius 1 is 0.875 bits per heavy atom. The Morgan fingerprint density at radius 2 is 1.50 bits per heavy atom. The van der Waals surface area contributed by atoms with Gasteiger partial charge in [0.2, 0.25) is 0 Å². The molecule has 2 aliphatic rings. The Morgan fingerprint density at radius 3 is 2.12 bits per heavy atom. The standard InChI is InChI=1S/C16H17N2.C5H5.Fe/c1-2-3-12-18-15-11-7-6-10-14(15)17-16(18)13-8-4-5-9-13;1-2-4-5-3-1;/h4-11H,2-3,12H2,1H3;1-5H;/q;;+2. The van der Waals surface area contributed by atoms with E-state index in [-0.39, 0.29) is 17.1 Å². The van der Waals surface area contributed by atoms with Crippen molar-refractivity contribution in [3.05, 3.63) is 93.8 Å². The van der Waals surface area contributed by atoms with Gasteiger partial charge in [-0.25, -0.2) is 4.98 Å². The average Bonchev–Trinajstić information content (AvgIpc) is 3.35. The fourth-order valence-electron chi connectivity index (χ4n) is 2.68. The number of imidazole rings is 1. The van der Waals surface area contributed by atoms with Crippen molar-refractivity contribution in [1.29, 1.82) is 0 Å². The van der Waals surface area contributed by atoms with Gasteiger partial charge in [0.15, 0.2) is 0 Å². The fraction of sp³-hybridized carbons (Fsp3) is 0.190. The molecule has 0 amide bonds. The van der Waals surface area contributed by atoms with Gasteiger partial charge in [-0.2, -0.15) is 0 Å². The molecular weight excluding hydrogens is 336 g/mol. The Kier molecular flexibility index (Phi) is 8.35. The minimum absolute atomic E-state index is 0. The van der Waals surface area contributed by atoms with Crippen LogP contribution >= 0.6 is 0 Å². The van der Waals surface area contributed by atoms with Gasteiger partial charge in [0.25, 0.3) is 0 Å². The second kappa shape index (κ2) is 10.3. The molecule has 10 radical (unpaired) electrons. The van der Waals surface area contributed by atoms with E-state index in [1.54, 1.807) is 0 Å². The minimum Gasteiger partial charge on any atom is -0.327 e. The molecule has 2 fully saturated rings. The summed E-state index contributed by atoms with van der Waals surface area (Å²) in [4.78, 5) is 4.77. The number of hydrogen-bond acceptors (Lipinski definition) is 1. The van der Waals surface area contributed by atoms with Crippen LogP contribution in [0.1, 0.15) is 25.6 Å². The Balaban J connectivity index is 0.000000300. The average molecular weight is 358 g/mol. The summed E-state index contributed by atoms with van der Waals surface area (Å²) >= 11 is 0. The number of nitrogens with zero attached hydrogens (tertiary/aromatic N) is 2. The van der Waals surface area contributed by atoms with Gasteiger partial charge >= 0.3 is 17.1 Å². The Labute approximate surface area is 157 Å². The molecule has 24 heavy (non-hydrogen) atoms. The van der Waals surface area contributed by atoms with Crippen LogP contribution in [0.2, 0.25) is 0 Å². The summed E-state index contributed by atoms with van der Waals surface area (Å²) in [7, 11) is 0. The molecule has 3 heteroatoms. The molecule has 122 valence electrons. The summed E-state index contributed by atoms with van der Waals surface area (Å²) in [5.41, 5.74) is 2.33. The largest absolute Gasteiger partial charge is 2.00 e. The second-order valence-corrected chi connectivity index (χ2v) is 5.57. The van der Waals surface area contributed by atoms with E-state index in [1.807, 2.05) is 38.2 Å². The van der Waals surface area contributed by atoms with E-state index in [4.69, 9.17) is 4.98 Å². The second-order valence-electron chi connectivity index (χ2n) is 5.57. The number of para-hydroxylation sites is 2. The first-order valence-corrected chi connectivity index (χ1v) is 8.24. The molecule has 0 atom stereocenters. The van der Waals surface area contributed by atoms with Crippen LogP contribution in [0.15, 0.2) is 24.3 Å². The molecule has 1 aromatic heterocycles. The van der Waals surface area contributed by atoms with Crippen molar-refractivity contribution >= 4 is 11.0 Å². The summed E-state index contributed by atoms with van der Waals surface area (Å²) in [6.07, 6.45) is 20.8. The van der Waals surface area contributed by atoms with Gasteiger partial charge in [-0.05, 0) is 76.3 Å². The molecule has 1 heterocycles. The fourth-order valence-corrected chi connectivity index (χ4v) is 2.68. The normalized spacial score (nSPS) is 17.5. The predicted molar refractivity (Wildman–Crippen MR) is 95.7 cm³/mol. The zero-order valence-electron chi connectivity index (χ0n) is 13.9. The molecule has 2 nitrogen and oxygen atoms in total. The first kappa shape index (κ1) is 19.5. The Hall–Kier alpha value is -0.791. The van der Waals surface area contributed by atoms with Crippen molar-refractivity contribution in [3.63, 3.8) is 0 Å². The molecule has 0 bridgehead atoms. The number of benzene rings is 1. The van der Waals surface area contributed by atoms with Gasteiger partial charge in [-0.3, -0.25) is 0 Å². The number of unbranched alkanes of at least 4 members (excludes halogenated alkanes) is 1. The number of hydrogen-bond donors (Lipinski definition) is 0. The first-order valence-electron chi connectivity index (χ1n) is 8.24. The van der Waals surface area contributed by atoms with Crippen LogP contribution in [0.3, 0.4) is 0 Å². The molecule has 0 saturated heterocycles. The summed E-state index contributed by atoms with van der Waals surface area (Å²) in [6, 6.07) is 8.38. The smallest absolute Gasteiger partial charge is 0.327 e. The third-order valence-corrected chi connectivity index (χ3v) is 3.87. The van der Waals surface area contributed by atoms with Crippen LogP contribution in [0, 0.1) is 63.7 Å². The number of aromatic nitrogens is 2. The zero-order valence-corrected chi connectivity index (χ0v) is 15.0. The predicted octanol–water partition coefficient (Wildman–Crippen LogP) is 4.61. The van der Waals surface area contributed by atoms with Crippen molar-refractivity contribution in [2.45, 2.75) is 26.3 Å². The minimum atomic E-state index is 0. The maximum absolute atomic E-state index is 4.77. The molecule has 2 aliphatic carbocycles. The SMILES string of the molecule is CCCCn1c([C]2[CH][CH][CH][CH]2)nc2ccccc21.[CH]1[CH][CH][CH][CH]1.[Fe+2]. The van der Waals surface area contributed by atoms with Gasteiger partial charge in [0, 0.05) is 12.5 Å². The monoisotopic (exact) mass is 358 g/mol. The van der Waals surface area contributed by atoms with Crippen molar-refractivity contribution in [2.24, 2.45) is 0 Å². The van der Waals surface area contributed by atoms with E-state index in [0.29, 0.717) is 0 Å². The van der Waals surface area contributed by atoms with E-state index in [2.05, 4.69) is 55.4 Å². The number of aryl methyl sites for hydroxylation is 1. The van der Waals surface area contributed by atoms with Crippen LogP contribution in [0.25, 0.3) is 11.0 Å². The maximum Gasteiger partial charge on any atom is 2.00 e. The third kappa shape index (κ3) is 4.86. The number of rotatable bonds is 4. The van der Waals surface area contributed by atoms with Crippen LogP contribution in [-0.2, 0) is 23.6 Å². The summed E-state index contributed by atoms with van der Waals surface area (Å²) in [5, 5.41) is 0. The third-order valence-electron chi connectivity index (χ3n) is 3.87. The molecule has 0 spiro atoms. The van der Waals surface area contributed by atoms with Crippen LogP contribution < -0.4 is 0 Å². The van der Waals surface area contributed by atoms with Gasteiger partial charge < -0.3 is 4.57 Å². The molecule has 0 N–H and O–H groups in total. The van der Waals surface area contributed by atoms with Crippen LogP contribution in [0.4, 0.5) is 0 Å². The van der Waals surface area contributed by atoms with Gasteiger partial charge in [0.05, 0.1) is 11.0 Å². The Bertz CT molecular complexity index is 587.